The monoisotopic (exact) mass is 286 g/mol. The van der Waals surface area contributed by atoms with Crippen LogP contribution in [0.3, 0.4) is 0 Å². The number of nitrogens with zero attached hydrogens (tertiary/aromatic N) is 4. The first kappa shape index (κ1) is 14.2. The molecule has 106 valence electrons. The quantitative estimate of drug-likeness (QED) is 0.473. The number of hydrogen-bond donors (Lipinski definition) is 2. The van der Waals surface area contributed by atoms with Crippen molar-refractivity contribution in [2.75, 3.05) is 5.43 Å². The summed E-state index contributed by atoms with van der Waals surface area (Å²) in [5, 5.41) is 19.7. The van der Waals surface area contributed by atoms with Crippen LogP contribution < -0.4 is 16.0 Å². The van der Waals surface area contributed by atoms with Gasteiger partial charge >= 0.3 is 5.69 Å². The van der Waals surface area contributed by atoms with Crippen molar-refractivity contribution in [1.29, 1.82) is 5.26 Å². The number of nitrogens with one attached hydrogen (secondary N) is 1. The summed E-state index contributed by atoms with van der Waals surface area (Å²) in [4.78, 5) is 18.3. The van der Waals surface area contributed by atoms with E-state index < -0.39 is 4.92 Å². The van der Waals surface area contributed by atoms with E-state index in [-0.39, 0.29) is 23.6 Å². The van der Waals surface area contributed by atoms with E-state index in [1.54, 1.807) is 0 Å². The van der Waals surface area contributed by atoms with E-state index in [1.807, 2.05) is 6.07 Å². The number of nitrogens with two attached hydrogens (primary N) is 1. The van der Waals surface area contributed by atoms with Gasteiger partial charge in [0.2, 0.25) is 0 Å². The van der Waals surface area contributed by atoms with E-state index >= 15 is 0 Å². The van der Waals surface area contributed by atoms with Gasteiger partial charge in [0.15, 0.2) is 11.6 Å². The fourth-order valence-electron chi connectivity index (χ4n) is 1.51. The molecule has 1 aromatic carbocycles. The molecule has 0 saturated heterocycles. The van der Waals surface area contributed by atoms with Crippen molar-refractivity contribution in [1.82, 2.24) is 9.97 Å². The topological polar surface area (TPSA) is 140 Å². The number of nitrogen functional groups attached to an aromatic ring is 1. The minimum Gasteiger partial charge on any atom is -0.480 e. The molecular weight excluding hydrogens is 276 g/mol. The fourth-order valence-corrected chi connectivity index (χ4v) is 1.51. The van der Waals surface area contributed by atoms with Gasteiger partial charge in [-0.2, -0.15) is 5.26 Å². The van der Waals surface area contributed by atoms with E-state index in [9.17, 15) is 10.1 Å². The normalized spacial score (nSPS) is 9.71. The van der Waals surface area contributed by atoms with E-state index in [0.29, 0.717) is 11.5 Å². The summed E-state index contributed by atoms with van der Waals surface area (Å²) in [6, 6.07) is 5.80. The first-order valence-electron chi connectivity index (χ1n) is 5.73. The van der Waals surface area contributed by atoms with Crippen LogP contribution in [0.25, 0.3) is 0 Å². The maximum atomic E-state index is 11.0. The highest BCUT2D eigenvalue weighted by Gasteiger charge is 2.16. The van der Waals surface area contributed by atoms with Crippen LogP contribution in [0.1, 0.15) is 11.3 Å². The second kappa shape index (κ2) is 6.27. The van der Waals surface area contributed by atoms with Crippen LogP contribution in [-0.2, 0) is 6.61 Å². The smallest absolute Gasteiger partial charge is 0.312 e. The minimum absolute atomic E-state index is 0.00456. The maximum Gasteiger partial charge on any atom is 0.312 e. The van der Waals surface area contributed by atoms with Gasteiger partial charge in [0, 0.05) is 6.07 Å². The van der Waals surface area contributed by atoms with Crippen molar-refractivity contribution in [2.45, 2.75) is 6.61 Å². The van der Waals surface area contributed by atoms with Crippen LogP contribution in [0, 0.1) is 21.4 Å². The van der Waals surface area contributed by atoms with E-state index in [0.717, 1.165) is 6.07 Å². The highest BCUT2D eigenvalue weighted by molar-refractivity contribution is 5.51. The Morgan fingerprint density at radius 3 is 2.81 bits per heavy atom. The maximum absolute atomic E-state index is 11.0. The molecule has 0 saturated carbocycles. The fraction of sp³-hybridized carbons (Fsp3) is 0.0833. The van der Waals surface area contributed by atoms with Gasteiger partial charge in [-0.25, -0.2) is 10.8 Å². The summed E-state index contributed by atoms with van der Waals surface area (Å²) in [5.74, 6) is 5.61. The zero-order valence-electron chi connectivity index (χ0n) is 10.7. The van der Waals surface area contributed by atoms with Crippen LogP contribution in [0.5, 0.6) is 5.75 Å². The molecule has 0 aliphatic carbocycles. The third-order valence-corrected chi connectivity index (χ3v) is 2.51. The van der Waals surface area contributed by atoms with E-state index in [2.05, 4.69) is 15.4 Å². The lowest BCUT2D eigenvalue weighted by atomic mass is 10.2. The summed E-state index contributed by atoms with van der Waals surface area (Å²) in [5.41, 5.74) is 2.72. The standard InChI is InChI=1S/C12H10N6O3/c13-4-8-1-2-11(10(3-8)18(19)20)21-7-9-5-16-12(17-14)6-15-9/h1-3,5-6H,7,14H2,(H,16,17). The lowest BCUT2D eigenvalue weighted by Crippen LogP contribution is -2.09. The van der Waals surface area contributed by atoms with Crippen molar-refractivity contribution in [3.05, 3.63) is 52.0 Å². The summed E-state index contributed by atoms with van der Waals surface area (Å²) in [6.45, 7) is 0.00456. The molecule has 1 heterocycles. The Morgan fingerprint density at radius 1 is 1.43 bits per heavy atom. The molecule has 0 aliphatic heterocycles. The number of nitro groups is 1. The van der Waals surface area contributed by atoms with Crippen molar-refractivity contribution < 1.29 is 9.66 Å². The molecule has 2 rings (SSSR count). The predicted molar refractivity (Wildman–Crippen MR) is 72.0 cm³/mol. The van der Waals surface area contributed by atoms with Crippen LogP contribution in [0.4, 0.5) is 11.5 Å². The Morgan fingerprint density at radius 2 is 2.24 bits per heavy atom. The van der Waals surface area contributed by atoms with Crippen LogP contribution >= 0.6 is 0 Å². The van der Waals surface area contributed by atoms with Crippen molar-refractivity contribution in [2.24, 2.45) is 5.84 Å². The molecule has 9 nitrogen and oxygen atoms in total. The number of hydrazine groups is 1. The number of nitriles is 1. The Balaban J connectivity index is 2.15. The summed E-state index contributed by atoms with van der Waals surface area (Å²) >= 11 is 0. The highest BCUT2D eigenvalue weighted by Crippen LogP contribution is 2.28. The van der Waals surface area contributed by atoms with Crippen LogP contribution in [0.2, 0.25) is 0 Å². The SMILES string of the molecule is N#Cc1ccc(OCc2cnc(NN)cn2)c([N+](=O)[O-])c1. The van der Waals surface area contributed by atoms with Gasteiger partial charge in [-0.1, -0.05) is 0 Å². The molecule has 9 heteroatoms. The number of ether oxygens (including phenoxy) is 1. The second-order valence-electron chi connectivity index (χ2n) is 3.88. The molecule has 0 atom stereocenters. The number of anilines is 1. The van der Waals surface area contributed by atoms with Crippen molar-refractivity contribution in [3.8, 4) is 11.8 Å². The third kappa shape index (κ3) is 3.40. The first-order chi connectivity index (χ1) is 10.1. The lowest BCUT2D eigenvalue weighted by Gasteiger charge is -2.06. The molecule has 0 amide bonds. The molecule has 0 aliphatic rings. The molecule has 0 radical (unpaired) electrons. The molecule has 0 spiro atoms. The first-order valence-corrected chi connectivity index (χ1v) is 5.73. The van der Waals surface area contributed by atoms with Crippen LogP contribution in [-0.4, -0.2) is 14.9 Å². The van der Waals surface area contributed by atoms with Gasteiger partial charge in [0.25, 0.3) is 0 Å². The van der Waals surface area contributed by atoms with Gasteiger partial charge in [-0.3, -0.25) is 15.1 Å². The van der Waals surface area contributed by atoms with Gasteiger partial charge in [-0.15, -0.1) is 0 Å². The van der Waals surface area contributed by atoms with Crippen molar-refractivity contribution in [3.63, 3.8) is 0 Å². The van der Waals surface area contributed by atoms with E-state index in [4.69, 9.17) is 15.8 Å². The zero-order chi connectivity index (χ0) is 15.2. The number of hydrogen-bond acceptors (Lipinski definition) is 8. The number of benzene rings is 1. The Kier molecular flexibility index (Phi) is 4.23. The molecule has 2 aromatic rings. The van der Waals surface area contributed by atoms with Gasteiger partial charge in [-0.05, 0) is 12.1 Å². The molecule has 21 heavy (non-hydrogen) atoms. The Bertz CT molecular complexity index is 695. The van der Waals surface area contributed by atoms with Gasteiger partial charge in [0.1, 0.15) is 6.61 Å². The summed E-state index contributed by atoms with van der Waals surface area (Å²) < 4.78 is 5.35. The highest BCUT2D eigenvalue weighted by atomic mass is 16.6. The van der Waals surface area contributed by atoms with Gasteiger partial charge in [0.05, 0.1) is 34.6 Å². The Hall–Kier alpha value is -3.25. The number of aromatic nitrogens is 2. The molecule has 0 fully saturated rings. The lowest BCUT2D eigenvalue weighted by molar-refractivity contribution is -0.386. The average molecular weight is 286 g/mol. The molecule has 0 bridgehead atoms. The molecule has 0 unspecified atom stereocenters. The molecule has 3 N–H and O–H groups in total. The zero-order valence-corrected chi connectivity index (χ0v) is 10.7. The predicted octanol–water partition coefficient (Wildman–Crippen LogP) is 1.12. The second-order valence-corrected chi connectivity index (χ2v) is 3.88. The average Bonchev–Trinajstić information content (AvgIpc) is 2.53. The third-order valence-electron chi connectivity index (χ3n) is 2.51. The molecule has 1 aromatic heterocycles. The van der Waals surface area contributed by atoms with E-state index in [1.165, 1.54) is 24.5 Å². The molecular formula is C12H10N6O3. The summed E-state index contributed by atoms with van der Waals surface area (Å²) in [7, 11) is 0. The Labute approximate surface area is 119 Å². The largest absolute Gasteiger partial charge is 0.480 e. The number of nitro benzene ring substituents is 1. The van der Waals surface area contributed by atoms with Gasteiger partial charge < -0.3 is 10.2 Å². The summed E-state index contributed by atoms with van der Waals surface area (Å²) in [6.07, 6.45) is 2.84. The number of rotatable bonds is 5. The van der Waals surface area contributed by atoms with Crippen LogP contribution in [0.15, 0.2) is 30.6 Å². The van der Waals surface area contributed by atoms with Crippen molar-refractivity contribution >= 4 is 11.5 Å². The minimum atomic E-state index is -0.608.